The van der Waals surface area contributed by atoms with E-state index in [0.717, 1.165) is 12.1 Å². The first kappa shape index (κ1) is 17.1. The van der Waals surface area contributed by atoms with E-state index in [0.29, 0.717) is 16.7 Å². The highest BCUT2D eigenvalue weighted by Crippen LogP contribution is 2.33. The molecule has 0 fully saturated rings. The fourth-order valence-corrected chi connectivity index (χ4v) is 2.57. The van der Waals surface area contributed by atoms with Crippen molar-refractivity contribution < 1.29 is 23.1 Å². The van der Waals surface area contributed by atoms with Gasteiger partial charge in [0.15, 0.2) is 0 Å². The van der Waals surface area contributed by atoms with E-state index in [9.17, 15) is 23.1 Å². The molecule has 0 amide bonds. The number of aliphatic carboxylic acids is 1. The van der Waals surface area contributed by atoms with Crippen LogP contribution in [0.2, 0.25) is 0 Å². The molecule has 5 heteroatoms. The summed E-state index contributed by atoms with van der Waals surface area (Å²) in [4.78, 5) is 11.3. The van der Waals surface area contributed by atoms with Crippen LogP contribution < -0.4 is 0 Å². The maximum atomic E-state index is 12.8. The number of halogens is 3. The summed E-state index contributed by atoms with van der Waals surface area (Å²) < 4.78 is 38.3. The first-order chi connectivity index (χ1) is 10.7. The van der Waals surface area contributed by atoms with Crippen molar-refractivity contribution in [1.82, 2.24) is 0 Å². The Kier molecular flexibility index (Phi) is 4.78. The summed E-state index contributed by atoms with van der Waals surface area (Å²) in [5.41, 5.74) is 1.00. The smallest absolute Gasteiger partial charge is 0.416 e. The van der Waals surface area contributed by atoms with Gasteiger partial charge in [-0.3, -0.25) is 4.79 Å². The summed E-state index contributed by atoms with van der Waals surface area (Å²) in [6, 6.07) is 11.7. The Morgan fingerprint density at radius 2 is 1.61 bits per heavy atom. The van der Waals surface area contributed by atoms with Crippen molar-refractivity contribution in [3.63, 3.8) is 0 Å². The van der Waals surface area contributed by atoms with Crippen molar-refractivity contribution in [3.05, 3.63) is 59.7 Å². The first-order valence-corrected chi connectivity index (χ1v) is 7.20. The standard InChI is InChI=1S/C18H17F3O2/c1-11(2)16(17(22)23)13-8-6-12(7-9-13)14-4-3-5-15(10-14)18(19,20)21/h3-11,16H,1-2H3,(H,22,23). The van der Waals surface area contributed by atoms with Gasteiger partial charge in [0, 0.05) is 0 Å². The SMILES string of the molecule is CC(C)C(C(=O)O)c1ccc(-c2cccc(C(F)(F)F)c2)cc1. The van der Waals surface area contributed by atoms with Crippen LogP contribution in [0.4, 0.5) is 13.2 Å². The van der Waals surface area contributed by atoms with Crippen molar-refractivity contribution in [2.75, 3.05) is 0 Å². The zero-order valence-corrected chi connectivity index (χ0v) is 12.8. The third-order valence-electron chi connectivity index (χ3n) is 3.73. The Bertz CT molecular complexity index is 688. The normalized spacial score (nSPS) is 13.1. The van der Waals surface area contributed by atoms with Crippen LogP contribution in [0.3, 0.4) is 0 Å². The van der Waals surface area contributed by atoms with Crippen molar-refractivity contribution >= 4 is 5.97 Å². The molecule has 1 N–H and O–H groups in total. The van der Waals surface area contributed by atoms with Gasteiger partial charge >= 0.3 is 12.1 Å². The minimum absolute atomic E-state index is 0.0769. The molecule has 0 heterocycles. The van der Waals surface area contributed by atoms with E-state index in [1.54, 1.807) is 30.3 Å². The van der Waals surface area contributed by atoms with E-state index in [-0.39, 0.29) is 5.92 Å². The molecule has 0 saturated heterocycles. The summed E-state index contributed by atoms with van der Waals surface area (Å²) in [5.74, 6) is -1.62. The van der Waals surface area contributed by atoms with E-state index >= 15 is 0 Å². The average molecular weight is 322 g/mol. The van der Waals surface area contributed by atoms with Crippen LogP contribution in [0.5, 0.6) is 0 Å². The van der Waals surface area contributed by atoms with Crippen LogP contribution in [0.1, 0.15) is 30.9 Å². The largest absolute Gasteiger partial charge is 0.481 e. The van der Waals surface area contributed by atoms with Gasteiger partial charge in [0.1, 0.15) is 0 Å². The number of hydrogen-bond acceptors (Lipinski definition) is 1. The van der Waals surface area contributed by atoms with Crippen LogP contribution in [0.15, 0.2) is 48.5 Å². The average Bonchev–Trinajstić information content (AvgIpc) is 2.46. The molecule has 0 radical (unpaired) electrons. The van der Waals surface area contributed by atoms with Gasteiger partial charge in [-0.05, 0) is 34.7 Å². The highest BCUT2D eigenvalue weighted by molar-refractivity contribution is 5.77. The maximum absolute atomic E-state index is 12.8. The predicted octanol–water partition coefficient (Wildman–Crippen LogP) is 5.20. The lowest BCUT2D eigenvalue weighted by molar-refractivity contribution is -0.140. The van der Waals surface area contributed by atoms with E-state index in [1.807, 2.05) is 13.8 Å². The molecule has 0 aromatic heterocycles. The monoisotopic (exact) mass is 322 g/mol. The summed E-state index contributed by atoms with van der Waals surface area (Å²) in [5, 5.41) is 9.28. The second-order valence-corrected chi connectivity index (χ2v) is 5.76. The summed E-state index contributed by atoms with van der Waals surface area (Å²) in [7, 11) is 0. The maximum Gasteiger partial charge on any atom is 0.416 e. The van der Waals surface area contributed by atoms with Crippen LogP contribution in [0.25, 0.3) is 11.1 Å². The van der Waals surface area contributed by atoms with Crippen LogP contribution >= 0.6 is 0 Å². The van der Waals surface area contributed by atoms with Crippen LogP contribution in [-0.4, -0.2) is 11.1 Å². The molecule has 2 nitrogen and oxygen atoms in total. The van der Waals surface area contributed by atoms with E-state index in [2.05, 4.69) is 0 Å². The lowest BCUT2D eigenvalue weighted by Gasteiger charge is -2.17. The van der Waals surface area contributed by atoms with Gasteiger partial charge in [0.05, 0.1) is 11.5 Å². The van der Waals surface area contributed by atoms with Crippen molar-refractivity contribution in [2.45, 2.75) is 25.9 Å². The number of carbonyl (C=O) groups is 1. The predicted molar refractivity (Wildman–Crippen MR) is 82.1 cm³/mol. The molecule has 0 saturated carbocycles. The molecule has 1 atom stereocenters. The molecule has 23 heavy (non-hydrogen) atoms. The molecule has 2 rings (SSSR count). The van der Waals surface area contributed by atoms with E-state index in [1.165, 1.54) is 6.07 Å². The molecule has 1 unspecified atom stereocenters. The molecule has 0 spiro atoms. The quantitative estimate of drug-likeness (QED) is 0.840. The third-order valence-corrected chi connectivity index (χ3v) is 3.73. The Morgan fingerprint density at radius 3 is 2.09 bits per heavy atom. The van der Waals surface area contributed by atoms with Gasteiger partial charge in [-0.25, -0.2) is 0 Å². The van der Waals surface area contributed by atoms with Gasteiger partial charge in [-0.15, -0.1) is 0 Å². The molecule has 2 aromatic rings. The minimum Gasteiger partial charge on any atom is -0.481 e. The number of rotatable bonds is 4. The Balaban J connectivity index is 2.35. The lowest BCUT2D eigenvalue weighted by atomic mass is 9.87. The van der Waals surface area contributed by atoms with Gasteiger partial charge in [0.2, 0.25) is 0 Å². The molecule has 0 aliphatic carbocycles. The lowest BCUT2D eigenvalue weighted by Crippen LogP contribution is -2.17. The second-order valence-electron chi connectivity index (χ2n) is 5.76. The molecule has 0 aliphatic heterocycles. The minimum atomic E-state index is -4.39. The number of carboxylic acid groups (broad SMARTS) is 1. The Morgan fingerprint density at radius 1 is 1.00 bits per heavy atom. The molecule has 0 aliphatic rings. The fraction of sp³-hybridized carbons (Fsp3) is 0.278. The van der Waals surface area contributed by atoms with Gasteiger partial charge in [-0.1, -0.05) is 50.2 Å². The first-order valence-electron chi connectivity index (χ1n) is 7.20. The van der Waals surface area contributed by atoms with Gasteiger partial charge in [-0.2, -0.15) is 13.2 Å². The van der Waals surface area contributed by atoms with Crippen molar-refractivity contribution in [1.29, 1.82) is 0 Å². The van der Waals surface area contributed by atoms with Crippen LogP contribution in [0, 0.1) is 5.92 Å². The summed E-state index contributed by atoms with van der Waals surface area (Å²) in [6.07, 6.45) is -4.39. The summed E-state index contributed by atoms with van der Waals surface area (Å²) in [6.45, 7) is 3.64. The third kappa shape index (κ3) is 3.92. The fourth-order valence-electron chi connectivity index (χ4n) is 2.57. The topological polar surface area (TPSA) is 37.3 Å². The zero-order valence-electron chi connectivity index (χ0n) is 12.8. The number of carboxylic acids is 1. The number of hydrogen-bond donors (Lipinski definition) is 1. The Labute approximate surface area is 132 Å². The number of benzene rings is 2. The molecule has 2 aromatic carbocycles. The van der Waals surface area contributed by atoms with Crippen molar-refractivity contribution in [3.8, 4) is 11.1 Å². The highest BCUT2D eigenvalue weighted by atomic mass is 19.4. The number of alkyl halides is 3. The van der Waals surface area contributed by atoms with Crippen molar-refractivity contribution in [2.24, 2.45) is 5.92 Å². The Hall–Kier alpha value is -2.30. The van der Waals surface area contributed by atoms with E-state index in [4.69, 9.17) is 0 Å². The summed E-state index contributed by atoms with van der Waals surface area (Å²) >= 11 is 0. The molecule has 0 bridgehead atoms. The highest BCUT2D eigenvalue weighted by Gasteiger charge is 2.30. The second kappa shape index (κ2) is 6.44. The molecular weight excluding hydrogens is 305 g/mol. The molecular formula is C18H17F3O2. The van der Waals surface area contributed by atoms with Crippen LogP contribution in [-0.2, 0) is 11.0 Å². The van der Waals surface area contributed by atoms with Gasteiger partial charge < -0.3 is 5.11 Å². The molecule has 122 valence electrons. The van der Waals surface area contributed by atoms with Gasteiger partial charge in [0.25, 0.3) is 0 Å². The van der Waals surface area contributed by atoms with E-state index < -0.39 is 23.6 Å². The zero-order chi connectivity index (χ0) is 17.2.